The molecule has 2 amide bonds. The average Bonchev–Trinajstić information content (AvgIpc) is 3.29. The van der Waals surface area contributed by atoms with Gasteiger partial charge in [-0.2, -0.15) is 0 Å². The van der Waals surface area contributed by atoms with Crippen molar-refractivity contribution in [2.24, 2.45) is 0 Å². The number of aromatic nitrogens is 1. The van der Waals surface area contributed by atoms with Gasteiger partial charge in [0.05, 0.1) is 21.9 Å². The van der Waals surface area contributed by atoms with E-state index in [1.807, 2.05) is 30.3 Å². The number of nitrogens with one attached hydrogen (secondary N) is 2. The lowest BCUT2D eigenvalue weighted by Crippen LogP contribution is -2.22. The largest absolute Gasteiger partial charge is 0.478 e. The Bertz CT molecular complexity index is 1880. The number of thioether (sulfide) groups is 1. The molecule has 0 bridgehead atoms. The van der Waals surface area contributed by atoms with Crippen LogP contribution in [-0.2, 0) is 11.3 Å². The first kappa shape index (κ1) is 28.4. The van der Waals surface area contributed by atoms with Gasteiger partial charge in [0.25, 0.3) is 5.91 Å². The number of amides is 2. The highest BCUT2D eigenvalue weighted by molar-refractivity contribution is 8.00. The summed E-state index contributed by atoms with van der Waals surface area (Å²) in [5.41, 5.74) is 2.52. The molecule has 1 unspecified atom stereocenters. The number of aryl methyl sites for hydroxylation is 1. The molecule has 10 heteroatoms. The van der Waals surface area contributed by atoms with Crippen LogP contribution in [0.1, 0.15) is 44.9 Å². The topological polar surface area (TPSA) is 138 Å². The minimum Gasteiger partial charge on any atom is -0.478 e. The third kappa shape index (κ3) is 5.70. The number of hydrogen-bond acceptors (Lipinski definition) is 5. The number of carboxylic acids is 2. The highest BCUT2D eigenvalue weighted by Crippen LogP contribution is 2.32. The second-order valence-corrected chi connectivity index (χ2v) is 11.0. The van der Waals surface area contributed by atoms with E-state index in [9.17, 15) is 24.3 Å². The zero-order chi connectivity index (χ0) is 30.0. The number of nitrogens with zero attached hydrogens (tertiary/aromatic N) is 1. The van der Waals surface area contributed by atoms with Crippen LogP contribution in [0, 0.1) is 0 Å². The molecule has 0 radical (unpaired) electrons. The number of benzene rings is 4. The van der Waals surface area contributed by atoms with Crippen molar-refractivity contribution in [3.8, 4) is 0 Å². The highest BCUT2D eigenvalue weighted by Gasteiger charge is 2.20. The van der Waals surface area contributed by atoms with Crippen molar-refractivity contribution in [1.29, 1.82) is 0 Å². The fourth-order valence-corrected chi connectivity index (χ4v) is 5.80. The van der Waals surface area contributed by atoms with Gasteiger partial charge >= 0.3 is 11.9 Å². The first-order valence-corrected chi connectivity index (χ1v) is 14.0. The van der Waals surface area contributed by atoms with Gasteiger partial charge in [0.2, 0.25) is 5.91 Å². The van der Waals surface area contributed by atoms with E-state index in [4.69, 9.17) is 5.11 Å². The Morgan fingerprint density at radius 1 is 0.762 bits per heavy atom. The number of anilines is 2. The Balaban J connectivity index is 1.28. The van der Waals surface area contributed by atoms with Gasteiger partial charge in [-0.1, -0.05) is 24.3 Å². The number of fused-ring (bicyclic) bond motifs is 3. The second-order valence-electron chi connectivity index (χ2n) is 9.60. The summed E-state index contributed by atoms with van der Waals surface area (Å²) < 4.78 is 2.24. The number of carbonyl (C=O) groups excluding carboxylic acids is 2. The van der Waals surface area contributed by atoms with E-state index in [1.54, 1.807) is 31.2 Å². The first-order chi connectivity index (χ1) is 20.2. The zero-order valence-electron chi connectivity index (χ0n) is 22.8. The summed E-state index contributed by atoms with van der Waals surface area (Å²) in [4.78, 5) is 49.5. The minimum atomic E-state index is -1.41. The Hall–Kier alpha value is -5.09. The molecule has 1 aromatic heterocycles. The zero-order valence-corrected chi connectivity index (χ0v) is 23.6. The molecule has 0 aliphatic rings. The average molecular weight is 582 g/mol. The lowest BCUT2D eigenvalue weighted by atomic mass is 10.0. The molecule has 1 heterocycles. The maximum Gasteiger partial charge on any atom is 0.336 e. The summed E-state index contributed by atoms with van der Waals surface area (Å²) in [6, 6.07) is 24.2. The van der Waals surface area contributed by atoms with Gasteiger partial charge in [0, 0.05) is 44.6 Å². The van der Waals surface area contributed by atoms with Gasteiger partial charge in [0.15, 0.2) is 0 Å². The van der Waals surface area contributed by atoms with Crippen molar-refractivity contribution in [3.05, 3.63) is 102 Å². The van der Waals surface area contributed by atoms with Gasteiger partial charge in [-0.05, 0) is 74.5 Å². The van der Waals surface area contributed by atoms with Crippen LogP contribution in [0.3, 0.4) is 0 Å². The Morgan fingerprint density at radius 3 is 2.24 bits per heavy atom. The highest BCUT2D eigenvalue weighted by atomic mass is 32.2. The van der Waals surface area contributed by atoms with E-state index in [-0.39, 0.29) is 17.0 Å². The molecule has 0 fully saturated rings. The third-order valence-electron chi connectivity index (χ3n) is 6.87. The smallest absolute Gasteiger partial charge is 0.336 e. The van der Waals surface area contributed by atoms with Crippen LogP contribution in [-0.4, -0.2) is 43.8 Å². The fourth-order valence-electron chi connectivity index (χ4n) is 4.87. The molecule has 42 heavy (non-hydrogen) atoms. The van der Waals surface area contributed by atoms with Crippen LogP contribution in [0.4, 0.5) is 11.4 Å². The molecule has 4 aromatic carbocycles. The molecule has 4 N–H and O–H groups in total. The van der Waals surface area contributed by atoms with Gasteiger partial charge in [-0.15, -0.1) is 11.8 Å². The molecule has 0 aliphatic heterocycles. The summed E-state index contributed by atoms with van der Waals surface area (Å²) in [6.45, 7) is 4.73. The van der Waals surface area contributed by atoms with E-state index >= 15 is 0 Å². The summed E-state index contributed by atoms with van der Waals surface area (Å²) >= 11 is 1.31. The van der Waals surface area contributed by atoms with E-state index in [0.717, 1.165) is 39.3 Å². The number of rotatable bonds is 9. The van der Waals surface area contributed by atoms with Gasteiger partial charge in [0.1, 0.15) is 0 Å². The summed E-state index contributed by atoms with van der Waals surface area (Å²) in [5, 5.41) is 26.0. The monoisotopic (exact) mass is 581 g/mol. The molecular weight excluding hydrogens is 554 g/mol. The Labute approximate surface area is 245 Å². The molecule has 0 aliphatic carbocycles. The summed E-state index contributed by atoms with van der Waals surface area (Å²) in [6.07, 6.45) is 0. The molecule has 5 rings (SSSR count). The fraction of sp³-hybridized carbons (Fsp3) is 0.125. The van der Waals surface area contributed by atoms with Crippen LogP contribution < -0.4 is 10.6 Å². The van der Waals surface area contributed by atoms with Gasteiger partial charge < -0.3 is 25.4 Å². The van der Waals surface area contributed by atoms with Crippen molar-refractivity contribution in [1.82, 2.24) is 4.57 Å². The second kappa shape index (κ2) is 11.8. The van der Waals surface area contributed by atoms with Gasteiger partial charge in [-0.25, -0.2) is 9.59 Å². The van der Waals surface area contributed by atoms with Crippen LogP contribution in [0.15, 0.2) is 89.8 Å². The lowest BCUT2D eigenvalue weighted by Gasteiger charge is -2.14. The summed E-state index contributed by atoms with van der Waals surface area (Å²) in [5.74, 6) is -3.59. The quantitative estimate of drug-likeness (QED) is 0.144. The van der Waals surface area contributed by atoms with Crippen molar-refractivity contribution in [2.75, 3.05) is 10.6 Å². The van der Waals surface area contributed by atoms with E-state index in [2.05, 4.69) is 34.3 Å². The number of aromatic carboxylic acids is 2. The van der Waals surface area contributed by atoms with E-state index in [0.29, 0.717) is 11.4 Å². The number of carboxylic acid groups (broad SMARTS) is 2. The number of hydrogen-bond donors (Lipinski definition) is 4. The molecule has 5 aromatic rings. The normalized spacial score (nSPS) is 11.8. The predicted molar refractivity (Wildman–Crippen MR) is 164 cm³/mol. The Morgan fingerprint density at radius 2 is 1.50 bits per heavy atom. The standard InChI is InChI=1S/C32H27N3O6S/c1-3-35-27-10-5-4-9-23(27)25-17-21(12-14-28(25)35)33-29(36)18(2)42-22-8-6-7-20(16-22)34-30(37)24-13-11-19(31(38)39)15-26(24)32(40)41/h4-18H,3H2,1-2H3,(H,33,36)(H,34,37)(H,38,39)(H,40,41). The molecule has 0 saturated heterocycles. The van der Waals surface area contributed by atoms with Crippen LogP contribution in [0.2, 0.25) is 0 Å². The Kier molecular flexibility index (Phi) is 7.99. The lowest BCUT2D eigenvalue weighted by molar-refractivity contribution is -0.115. The van der Waals surface area contributed by atoms with Gasteiger partial charge in [-0.3, -0.25) is 9.59 Å². The van der Waals surface area contributed by atoms with Crippen molar-refractivity contribution in [2.45, 2.75) is 30.5 Å². The van der Waals surface area contributed by atoms with E-state index < -0.39 is 28.7 Å². The molecular formula is C32H27N3O6S. The molecule has 212 valence electrons. The maximum atomic E-state index is 13.1. The molecule has 0 saturated carbocycles. The van der Waals surface area contributed by atoms with Crippen molar-refractivity contribution < 1.29 is 29.4 Å². The van der Waals surface area contributed by atoms with E-state index in [1.165, 1.54) is 23.9 Å². The molecule has 9 nitrogen and oxygen atoms in total. The van der Waals surface area contributed by atoms with Crippen LogP contribution >= 0.6 is 11.8 Å². The SMILES string of the molecule is CCn1c2ccccc2c2cc(NC(=O)C(C)Sc3cccc(NC(=O)c4ccc(C(=O)O)cc4C(=O)O)c3)ccc21. The summed E-state index contributed by atoms with van der Waals surface area (Å²) in [7, 11) is 0. The molecule has 0 spiro atoms. The van der Waals surface area contributed by atoms with Crippen molar-refractivity contribution in [3.63, 3.8) is 0 Å². The van der Waals surface area contributed by atoms with Crippen LogP contribution in [0.5, 0.6) is 0 Å². The third-order valence-corrected chi connectivity index (χ3v) is 7.97. The first-order valence-electron chi connectivity index (χ1n) is 13.2. The molecule has 1 atom stereocenters. The number of carbonyl (C=O) groups is 4. The maximum absolute atomic E-state index is 13.1. The minimum absolute atomic E-state index is 0.169. The van der Waals surface area contributed by atoms with Crippen molar-refractivity contribution >= 4 is 68.7 Å². The predicted octanol–water partition coefficient (Wildman–Crippen LogP) is 6.58. The van der Waals surface area contributed by atoms with Crippen LogP contribution in [0.25, 0.3) is 21.8 Å². The number of para-hydroxylation sites is 1.